The topological polar surface area (TPSA) is 108 Å². The van der Waals surface area contributed by atoms with E-state index in [1.807, 2.05) is 27.2 Å². The second kappa shape index (κ2) is 46.1. The van der Waals surface area contributed by atoms with Gasteiger partial charge in [0.25, 0.3) is 7.82 Å². The molecule has 0 heterocycles. The Morgan fingerprint density at radius 1 is 0.540 bits per heavy atom. The van der Waals surface area contributed by atoms with Crippen LogP contribution in [0.15, 0.2) is 24.3 Å². The summed E-state index contributed by atoms with van der Waals surface area (Å²) in [4.78, 5) is 25.4. The number of unbranched alkanes of at least 4 members (excludes halogenated alkanes) is 35. The maximum atomic E-state index is 12.9. The Kier molecular flexibility index (Phi) is 45.4. The number of allylic oxidation sites excluding steroid dienone is 3. The second-order valence-corrected chi connectivity index (χ2v) is 21.3. The maximum Gasteiger partial charge on any atom is 0.268 e. The monoisotopic (exact) mass is 911 g/mol. The predicted molar refractivity (Wildman–Crippen MR) is 270 cm³/mol. The molecule has 0 bridgehead atoms. The molecule has 0 aromatic carbocycles. The molecule has 3 unspecified atom stereocenters. The lowest BCUT2D eigenvalue weighted by Gasteiger charge is -2.29. The van der Waals surface area contributed by atoms with Crippen LogP contribution in [0.4, 0.5) is 0 Å². The number of nitrogens with zero attached hydrogens (tertiary/aromatic N) is 1. The number of likely N-dealkylation sites (N-methyl/N-ethyl adjacent to an activating group) is 1. The summed E-state index contributed by atoms with van der Waals surface area (Å²) in [5, 5.41) is 13.8. The highest BCUT2D eigenvalue weighted by Gasteiger charge is 2.23. The summed E-state index contributed by atoms with van der Waals surface area (Å²) in [6.07, 6.45) is 56.7. The Bertz CT molecular complexity index is 1080. The van der Waals surface area contributed by atoms with E-state index >= 15 is 0 Å². The fraction of sp³-hybridized carbons (Fsp3) is 0.907. The molecular formula is C54H107N2O6P. The molecule has 8 nitrogen and oxygen atoms in total. The number of phosphoric ester groups is 1. The summed E-state index contributed by atoms with van der Waals surface area (Å²) in [7, 11) is 1.26. The number of carbonyl (C=O) groups excluding carboxylic acids is 1. The lowest BCUT2D eigenvalue weighted by Crippen LogP contribution is -2.45. The minimum atomic E-state index is -4.60. The zero-order valence-corrected chi connectivity index (χ0v) is 43.4. The molecule has 63 heavy (non-hydrogen) atoms. The van der Waals surface area contributed by atoms with E-state index in [1.165, 1.54) is 205 Å². The number of amides is 1. The average molecular weight is 911 g/mol. The van der Waals surface area contributed by atoms with Crippen LogP contribution in [0, 0.1) is 0 Å². The standard InChI is InChI=1S/C54H107N2O6P/c1-6-8-10-12-14-16-18-20-22-24-26-28-30-32-34-36-38-40-42-44-46-48-54(58)55-52(51-62-63(59,60)61-50-49-56(3,4)5)53(57)47-45-43-41-39-37-35-33-31-29-27-25-23-21-19-17-15-13-11-9-7-2/h37,39,45,47,52-53,57H,6-36,38,40-44,46,48-51H2,1-5H3,(H-,55,58,59,60)/b39-37+,47-45+. The molecule has 0 aromatic heterocycles. The van der Waals surface area contributed by atoms with Gasteiger partial charge in [0.2, 0.25) is 5.91 Å². The summed E-state index contributed by atoms with van der Waals surface area (Å²) in [6, 6.07) is -0.899. The zero-order valence-electron chi connectivity index (χ0n) is 42.5. The van der Waals surface area contributed by atoms with Gasteiger partial charge in [-0.15, -0.1) is 0 Å². The van der Waals surface area contributed by atoms with Crippen molar-refractivity contribution in [2.75, 3.05) is 40.9 Å². The summed E-state index contributed by atoms with van der Waals surface area (Å²) in [6.45, 7) is 4.67. The third-order valence-corrected chi connectivity index (χ3v) is 13.4. The van der Waals surface area contributed by atoms with Crippen molar-refractivity contribution >= 4 is 13.7 Å². The molecule has 1 amide bonds. The molecule has 0 fully saturated rings. The molecule has 0 aliphatic carbocycles. The highest BCUT2D eigenvalue weighted by Crippen LogP contribution is 2.38. The van der Waals surface area contributed by atoms with Gasteiger partial charge in [0, 0.05) is 6.42 Å². The lowest BCUT2D eigenvalue weighted by atomic mass is 10.0. The van der Waals surface area contributed by atoms with Crippen LogP contribution >= 0.6 is 7.82 Å². The number of nitrogens with one attached hydrogen (secondary N) is 1. The molecular weight excluding hydrogens is 804 g/mol. The molecule has 374 valence electrons. The summed E-state index contributed by atoms with van der Waals surface area (Å²) < 4.78 is 23.3. The smallest absolute Gasteiger partial charge is 0.268 e. The van der Waals surface area contributed by atoms with Crippen molar-refractivity contribution in [3.8, 4) is 0 Å². The van der Waals surface area contributed by atoms with Gasteiger partial charge in [0.1, 0.15) is 13.2 Å². The van der Waals surface area contributed by atoms with E-state index < -0.39 is 20.0 Å². The number of quaternary nitrogens is 1. The third-order valence-electron chi connectivity index (χ3n) is 12.4. The molecule has 0 aliphatic heterocycles. The number of hydrogen-bond donors (Lipinski definition) is 2. The van der Waals surface area contributed by atoms with Crippen molar-refractivity contribution in [3.05, 3.63) is 24.3 Å². The van der Waals surface area contributed by atoms with Gasteiger partial charge >= 0.3 is 0 Å². The van der Waals surface area contributed by atoms with Gasteiger partial charge in [-0.3, -0.25) is 9.36 Å². The van der Waals surface area contributed by atoms with E-state index in [2.05, 4.69) is 31.3 Å². The Labute approximate surface area is 392 Å². The Morgan fingerprint density at radius 3 is 1.29 bits per heavy atom. The van der Waals surface area contributed by atoms with Crippen LogP contribution < -0.4 is 10.2 Å². The molecule has 0 radical (unpaired) electrons. The fourth-order valence-electron chi connectivity index (χ4n) is 8.11. The van der Waals surface area contributed by atoms with Crippen LogP contribution in [0.25, 0.3) is 0 Å². The lowest BCUT2D eigenvalue weighted by molar-refractivity contribution is -0.870. The van der Waals surface area contributed by atoms with Gasteiger partial charge in [-0.1, -0.05) is 250 Å². The number of hydrogen-bond acceptors (Lipinski definition) is 6. The normalized spacial score (nSPS) is 14.2. The molecule has 2 N–H and O–H groups in total. The first-order valence-electron chi connectivity index (χ1n) is 27.2. The molecule has 0 rings (SSSR count). The number of carbonyl (C=O) groups is 1. The first kappa shape index (κ1) is 62.0. The summed E-state index contributed by atoms with van der Waals surface area (Å²) in [5.41, 5.74) is 0. The van der Waals surface area contributed by atoms with E-state index in [4.69, 9.17) is 9.05 Å². The summed E-state index contributed by atoms with van der Waals surface area (Å²) in [5.74, 6) is -0.202. The van der Waals surface area contributed by atoms with Crippen LogP contribution in [0.5, 0.6) is 0 Å². The van der Waals surface area contributed by atoms with Crippen molar-refractivity contribution in [1.82, 2.24) is 5.32 Å². The van der Waals surface area contributed by atoms with Crippen molar-refractivity contribution in [2.24, 2.45) is 0 Å². The fourth-order valence-corrected chi connectivity index (χ4v) is 8.84. The molecule has 0 spiro atoms. The number of phosphoric acid groups is 1. The number of aliphatic hydroxyl groups is 1. The first-order chi connectivity index (χ1) is 30.5. The zero-order chi connectivity index (χ0) is 46.4. The van der Waals surface area contributed by atoms with E-state index in [-0.39, 0.29) is 19.1 Å². The van der Waals surface area contributed by atoms with Crippen LogP contribution in [-0.2, 0) is 18.4 Å². The minimum absolute atomic E-state index is 0.00382. The number of rotatable bonds is 50. The first-order valence-corrected chi connectivity index (χ1v) is 28.7. The molecule has 0 saturated heterocycles. The van der Waals surface area contributed by atoms with Crippen LogP contribution in [-0.4, -0.2) is 68.5 Å². The van der Waals surface area contributed by atoms with E-state index in [0.29, 0.717) is 17.4 Å². The minimum Gasteiger partial charge on any atom is -0.756 e. The highest BCUT2D eigenvalue weighted by molar-refractivity contribution is 7.45. The van der Waals surface area contributed by atoms with Crippen molar-refractivity contribution in [3.63, 3.8) is 0 Å². The summed E-state index contributed by atoms with van der Waals surface area (Å²) >= 11 is 0. The quantitative estimate of drug-likeness (QED) is 0.0272. The second-order valence-electron chi connectivity index (χ2n) is 19.9. The molecule has 3 atom stereocenters. The third kappa shape index (κ3) is 48.7. The molecule has 0 aliphatic rings. The molecule has 0 saturated carbocycles. The van der Waals surface area contributed by atoms with Crippen LogP contribution in [0.1, 0.15) is 264 Å². The van der Waals surface area contributed by atoms with Gasteiger partial charge in [0.05, 0.1) is 39.9 Å². The molecule has 0 aromatic rings. The van der Waals surface area contributed by atoms with E-state index in [9.17, 15) is 19.4 Å². The van der Waals surface area contributed by atoms with Crippen molar-refractivity contribution < 1.29 is 32.9 Å². The van der Waals surface area contributed by atoms with Gasteiger partial charge in [0.15, 0.2) is 0 Å². The highest BCUT2D eigenvalue weighted by atomic mass is 31.2. The SMILES string of the molecule is CCCCCCCCCCCCCCCC/C=C/CC/C=C/C(O)C(COP(=O)([O-])OCC[N+](C)(C)C)NC(=O)CCCCCCCCCCCCCCCCCCCCCCC. The van der Waals surface area contributed by atoms with Crippen molar-refractivity contribution in [1.29, 1.82) is 0 Å². The van der Waals surface area contributed by atoms with Crippen LogP contribution in [0.2, 0.25) is 0 Å². The van der Waals surface area contributed by atoms with E-state index in [0.717, 1.165) is 38.5 Å². The largest absolute Gasteiger partial charge is 0.756 e. The maximum absolute atomic E-state index is 12.9. The van der Waals surface area contributed by atoms with Gasteiger partial charge in [-0.05, 0) is 32.1 Å². The van der Waals surface area contributed by atoms with Crippen LogP contribution in [0.3, 0.4) is 0 Å². The van der Waals surface area contributed by atoms with Gasteiger partial charge < -0.3 is 28.8 Å². The molecule has 9 heteroatoms. The van der Waals surface area contributed by atoms with E-state index in [1.54, 1.807) is 6.08 Å². The Balaban J connectivity index is 4.28. The van der Waals surface area contributed by atoms with Gasteiger partial charge in [-0.25, -0.2) is 0 Å². The Morgan fingerprint density at radius 2 is 0.889 bits per heavy atom. The predicted octanol–water partition coefficient (Wildman–Crippen LogP) is 15.4. The number of aliphatic hydroxyl groups excluding tert-OH is 1. The Hall–Kier alpha value is -1.02. The van der Waals surface area contributed by atoms with Gasteiger partial charge in [-0.2, -0.15) is 0 Å². The average Bonchev–Trinajstić information content (AvgIpc) is 3.24. The van der Waals surface area contributed by atoms with Crippen molar-refractivity contribution in [2.45, 2.75) is 276 Å².